The predicted octanol–water partition coefficient (Wildman–Crippen LogP) is 7.41. The van der Waals surface area contributed by atoms with Gasteiger partial charge in [-0.2, -0.15) is 0 Å². The van der Waals surface area contributed by atoms with Gasteiger partial charge in [0.1, 0.15) is 12.4 Å². The molecule has 0 radical (unpaired) electrons. The van der Waals surface area contributed by atoms with E-state index >= 15 is 0 Å². The van der Waals surface area contributed by atoms with E-state index in [4.69, 9.17) is 21.4 Å². The van der Waals surface area contributed by atoms with Crippen molar-refractivity contribution in [3.8, 4) is 27.3 Å². The van der Waals surface area contributed by atoms with Gasteiger partial charge in [-0.05, 0) is 52.4 Å². The molecule has 1 heterocycles. The summed E-state index contributed by atoms with van der Waals surface area (Å²) in [5.74, 6) is -0.192. The van der Waals surface area contributed by atoms with Crippen LogP contribution in [-0.4, -0.2) is 11.1 Å². The molecule has 1 aromatic heterocycles. The Labute approximate surface area is 189 Å². The molecule has 0 aliphatic heterocycles. The molecule has 31 heavy (non-hydrogen) atoms. The molecule has 0 amide bonds. The molecule has 0 atom stereocenters. The lowest BCUT2D eigenvalue weighted by Gasteiger charge is -2.13. The Balaban J connectivity index is 1.65. The standard InChI is InChI=1S/C26H19ClO3S/c27-21-11-12-24(30-17-19-4-2-1-3-5-19)23(16-21)22-14-15-31-26(22)20-9-6-18(7-10-20)8-13-25(28)29/h1-16H,17H2,(H,28,29)/b13-8+. The van der Waals surface area contributed by atoms with Gasteiger partial charge in [-0.1, -0.05) is 66.2 Å². The number of hydrogen-bond acceptors (Lipinski definition) is 3. The van der Waals surface area contributed by atoms with E-state index in [1.165, 1.54) is 0 Å². The average molecular weight is 447 g/mol. The highest BCUT2D eigenvalue weighted by Gasteiger charge is 2.15. The van der Waals surface area contributed by atoms with E-state index < -0.39 is 5.97 Å². The van der Waals surface area contributed by atoms with Gasteiger partial charge < -0.3 is 9.84 Å². The Morgan fingerprint density at radius 1 is 0.968 bits per heavy atom. The number of hydrogen-bond donors (Lipinski definition) is 1. The average Bonchev–Trinajstić information content (AvgIpc) is 3.27. The third kappa shape index (κ3) is 5.23. The highest BCUT2D eigenvalue weighted by atomic mass is 35.5. The summed E-state index contributed by atoms with van der Waals surface area (Å²) in [5.41, 5.74) is 4.96. The molecule has 0 aliphatic carbocycles. The lowest BCUT2D eigenvalue weighted by atomic mass is 10.0. The Hall–Kier alpha value is -3.34. The van der Waals surface area contributed by atoms with Gasteiger partial charge in [0, 0.05) is 27.1 Å². The summed E-state index contributed by atoms with van der Waals surface area (Å²) in [6.07, 6.45) is 2.71. The highest BCUT2D eigenvalue weighted by molar-refractivity contribution is 7.14. The van der Waals surface area contributed by atoms with Crippen molar-refractivity contribution < 1.29 is 14.6 Å². The van der Waals surface area contributed by atoms with Crippen LogP contribution in [0.3, 0.4) is 0 Å². The summed E-state index contributed by atoms with van der Waals surface area (Å²) >= 11 is 7.96. The molecule has 154 valence electrons. The number of ether oxygens (including phenoxy) is 1. The third-order valence-electron chi connectivity index (χ3n) is 4.73. The van der Waals surface area contributed by atoms with Crippen LogP contribution >= 0.6 is 22.9 Å². The van der Waals surface area contributed by atoms with Crippen LogP contribution in [0, 0.1) is 0 Å². The smallest absolute Gasteiger partial charge is 0.328 e. The van der Waals surface area contributed by atoms with Crippen molar-refractivity contribution >= 4 is 35.0 Å². The van der Waals surface area contributed by atoms with Crippen molar-refractivity contribution in [2.75, 3.05) is 0 Å². The number of benzene rings is 3. The van der Waals surface area contributed by atoms with Gasteiger partial charge in [-0.15, -0.1) is 11.3 Å². The molecule has 5 heteroatoms. The summed E-state index contributed by atoms with van der Waals surface area (Å²) in [6, 6.07) is 25.6. The van der Waals surface area contributed by atoms with E-state index in [1.54, 1.807) is 17.4 Å². The monoisotopic (exact) mass is 446 g/mol. The summed E-state index contributed by atoms with van der Waals surface area (Å²) < 4.78 is 6.15. The molecular formula is C26H19ClO3S. The number of carbonyl (C=O) groups is 1. The fraction of sp³-hybridized carbons (Fsp3) is 0.0385. The van der Waals surface area contributed by atoms with E-state index in [0.717, 1.165) is 44.5 Å². The van der Waals surface area contributed by atoms with Crippen LogP contribution in [0.5, 0.6) is 5.75 Å². The van der Waals surface area contributed by atoms with Gasteiger partial charge in [-0.25, -0.2) is 4.79 Å². The van der Waals surface area contributed by atoms with Crippen molar-refractivity contribution in [1.29, 1.82) is 0 Å². The van der Waals surface area contributed by atoms with Crippen LogP contribution in [0.15, 0.2) is 90.3 Å². The van der Waals surface area contributed by atoms with E-state index in [2.05, 4.69) is 6.07 Å². The first-order valence-electron chi connectivity index (χ1n) is 9.66. The number of rotatable bonds is 7. The molecule has 4 aromatic rings. The fourth-order valence-corrected chi connectivity index (χ4v) is 4.32. The van der Waals surface area contributed by atoms with Crippen LogP contribution in [0.2, 0.25) is 5.02 Å². The Bertz CT molecular complexity index is 1210. The van der Waals surface area contributed by atoms with Gasteiger partial charge in [-0.3, -0.25) is 0 Å². The lowest BCUT2D eigenvalue weighted by Crippen LogP contribution is -1.97. The maximum absolute atomic E-state index is 10.7. The van der Waals surface area contributed by atoms with Crippen molar-refractivity contribution in [3.63, 3.8) is 0 Å². The molecule has 3 nitrogen and oxygen atoms in total. The van der Waals surface area contributed by atoms with Gasteiger partial charge >= 0.3 is 5.97 Å². The topological polar surface area (TPSA) is 46.5 Å². The maximum Gasteiger partial charge on any atom is 0.328 e. The molecule has 0 spiro atoms. The van der Waals surface area contributed by atoms with Crippen molar-refractivity contribution in [2.24, 2.45) is 0 Å². The number of halogens is 1. The van der Waals surface area contributed by atoms with Gasteiger partial charge in [0.15, 0.2) is 0 Å². The van der Waals surface area contributed by atoms with Gasteiger partial charge in [0.25, 0.3) is 0 Å². The van der Waals surface area contributed by atoms with E-state index in [-0.39, 0.29) is 0 Å². The minimum atomic E-state index is -0.964. The summed E-state index contributed by atoms with van der Waals surface area (Å²) in [4.78, 5) is 11.8. The van der Waals surface area contributed by atoms with Crippen LogP contribution in [0.25, 0.3) is 27.6 Å². The van der Waals surface area contributed by atoms with Crippen LogP contribution < -0.4 is 4.74 Å². The Morgan fingerprint density at radius 2 is 1.74 bits per heavy atom. The summed E-state index contributed by atoms with van der Waals surface area (Å²) in [6.45, 7) is 0.472. The highest BCUT2D eigenvalue weighted by Crippen LogP contribution is 2.42. The first kappa shape index (κ1) is 20.9. The van der Waals surface area contributed by atoms with Crippen molar-refractivity contribution in [2.45, 2.75) is 6.61 Å². The third-order valence-corrected chi connectivity index (χ3v) is 5.92. The predicted molar refractivity (Wildman–Crippen MR) is 128 cm³/mol. The Kier molecular flexibility index (Phi) is 6.51. The molecule has 1 N–H and O–H groups in total. The Morgan fingerprint density at radius 3 is 2.48 bits per heavy atom. The molecule has 0 fully saturated rings. The molecular weight excluding hydrogens is 428 g/mol. The second-order valence-electron chi connectivity index (χ2n) is 6.87. The zero-order valence-corrected chi connectivity index (χ0v) is 18.1. The normalized spacial score (nSPS) is 11.0. The molecule has 0 saturated carbocycles. The number of carboxylic acid groups (broad SMARTS) is 1. The minimum absolute atomic E-state index is 0.472. The van der Waals surface area contributed by atoms with Crippen LogP contribution in [-0.2, 0) is 11.4 Å². The molecule has 3 aromatic carbocycles. The first-order chi connectivity index (χ1) is 15.1. The fourth-order valence-electron chi connectivity index (χ4n) is 3.23. The molecule has 0 unspecified atom stereocenters. The molecule has 4 rings (SSSR count). The largest absolute Gasteiger partial charge is 0.488 e. The quantitative estimate of drug-likeness (QED) is 0.300. The second kappa shape index (κ2) is 9.65. The zero-order valence-electron chi connectivity index (χ0n) is 16.5. The summed E-state index contributed by atoms with van der Waals surface area (Å²) in [7, 11) is 0. The van der Waals surface area contributed by atoms with Crippen LogP contribution in [0.1, 0.15) is 11.1 Å². The van der Waals surface area contributed by atoms with Gasteiger partial charge in [0.2, 0.25) is 0 Å². The van der Waals surface area contributed by atoms with Crippen molar-refractivity contribution in [3.05, 3.63) is 106 Å². The second-order valence-corrected chi connectivity index (χ2v) is 8.22. The number of thiophene rings is 1. The summed E-state index contributed by atoms with van der Waals surface area (Å²) in [5, 5.41) is 11.5. The molecule has 0 bridgehead atoms. The number of carboxylic acids is 1. The zero-order chi connectivity index (χ0) is 21.6. The van der Waals surface area contributed by atoms with E-state index in [9.17, 15) is 4.79 Å². The molecule has 0 aliphatic rings. The molecule has 0 saturated heterocycles. The number of aliphatic carboxylic acids is 1. The van der Waals surface area contributed by atoms with Crippen molar-refractivity contribution in [1.82, 2.24) is 0 Å². The minimum Gasteiger partial charge on any atom is -0.488 e. The first-order valence-corrected chi connectivity index (χ1v) is 10.9. The maximum atomic E-state index is 10.7. The van der Waals surface area contributed by atoms with Gasteiger partial charge in [0.05, 0.1) is 0 Å². The lowest BCUT2D eigenvalue weighted by molar-refractivity contribution is -0.131. The van der Waals surface area contributed by atoms with E-state index in [1.807, 2.05) is 78.2 Å². The van der Waals surface area contributed by atoms with Crippen LogP contribution in [0.4, 0.5) is 0 Å². The SMILES string of the molecule is O=C(O)/C=C/c1ccc(-c2sccc2-c2cc(Cl)ccc2OCc2ccccc2)cc1. The van der Waals surface area contributed by atoms with E-state index in [0.29, 0.717) is 11.6 Å².